The Morgan fingerprint density at radius 3 is 2.62 bits per heavy atom. The van der Waals surface area contributed by atoms with Crippen LogP contribution in [-0.4, -0.2) is 30.7 Å². The van der Waals surface area contributed by atoms with Crippen molar-refractivity contribution in [3.05, 3.63) is 24.9 Å². The summed E-state index contributed by atoms with van der Waals surface area (Å²) in [5.41, 5.74) is 1.19. The van der Waals surface area contributed by atoms with E-state index in [4.69, 9.17) is 6.42 Å². The van der Waals surface area contributed by atoms with Crippen molar-refractivity contribution in [1.29, 1.82) is 0 Å². The second-order valence-electron chi connectivity index (χ2n) is 4.56. The van der Waals surface area contributed by atoms with E-state index < -0.39 is 0 Å². The van der Waals surface area contributed by atoms with Crippen LogP contribution in [0.25, 0.3) is 0 Å². The fourth-order valence-electron chi connectivity index (χ4n) is 1.98. The molecule has 1 heterocycles. The standard InChI is InChI=1S/C14H20N2/c1-5-7-10-15-13(6-2)14(3)8-11-16(4)12-9-14/h1,6-7,10H,2,8-9,11-12H2,3-4H3/b10-7+,15-13+. The van der Waals surface area contributed by atoms with E-state index in [1.807, 2.05) is 6.08 Å². The van der Waals surface area contributed by atoms with Gasteiger partial charge in [-0.15, -0.1) is 6.42 Å². The summed E-state index contributed by atoms with van der Waals surface area (Å²) in [6.45, 7) is 8.33. The summed E-state index contributed by atoms with van der Waals surface area (Å²) >= 11 is 0. The first kappa shape index (κ1) is 12.7. The number of nitrogens with zero attached hydrogens (tertiary/aromatic N) is 2. The Kier molecular flexibility index (Phi) is 4.52. The molecule has 0 bridgehead atoms. The minimum atomic E-state index is 0.146. The van der Waals surface area contributed by atoms with Crippen molar-refractivity contribution in [3.8, 4) is 12.3 Å². The molecule has 0 amide bonds. The Morgan fingerprint density at radius 2 is 2.12 bits per heavy atom. The lowest BCUT2D eigenvalue weighted by molar-refractivity contribution is 0.195. The molecule has 2 heteroatoms. The number of piperidine rings is 1. The topological polar surface area (TPSA) is 15.6 Å². The van der Waals surface area contributed by atoms with Crippen molar-refractivity contribution in [2.24, 2.45) is 10.4 Å². The molecule has 16 heavy (non-hydrogen) atoms. The zero-order valence-electron chi connectivity index (χ0n) is 10.2. The molecule has 0 aromatic carbocycles. The van der Waals surface area contributed by atoms with Crippen molar-refractivity contribution < 1.29 is 0 Å². The van der Waals surface area contributed by atoms with Gasteiger partial charge in [-0.2, -0.15) is 0 Å². The highest BCUT2D eigenvalue weighted by Crippen LogP contribution is 2.32. The van der Waals surface area contributed by atoms with Crippen LogP contribution in [0.15, 0.2) is 29.9 Å². The smallest absolute Gasteiger partial charge is 0.0457 e. The van der Waals surface area contributed by atoms with Crippen LogP contribution < -0.4 is 0 Å². The molecule has 1 aliphatic heterocycles. The molecule has 0 aromatic heterocycles. The first-order chi connectivity index (χ1) is 7.62. The number of terminal acetylenes is 1. The van der Waals surface area contributed by atoms with Crippen LogP contribution >= 0.6 is 0 Å². The largest absolute Gasteiger partial charge is 0.306 e. The minimum absolute atomic E-state index is 0.146. The van der Waals surface area contributed by atoms with E-state index in [0.717, 1.165) is 31.6 Å². The number of aliphatic imine (C=N–C) groups is 1. The molecule has 0 N–H and O–H groups in total. The van der Waals surface area contributed by atoms with Crippen molar-refractivity contribution in [1.82, 2.24) is 4.90 Å². The summed E-state index contributed by atoms with van der Waals surface area (Å²) in [5.74, 6) is 2.44. The summed E-state index contributed by atoms with van der Waals surface area (Å²) in [7, 11) is 2.16. The molecule has 0 atom stereocenters. The molecular weight excluding hydrogens is 196 g/mol. The molecule has 86 valence electrons. The summed E-state index contributed by atoms with van der Waals surface area (Å²) < 4.78 is 0. The Balaban J connectivity index is 2.80. The lowest BCUT2D eigenvalue weighted by Gasteiger charge is -2.37. The van der Waals surface area contributed by atoms with Gasteiger partial charge in [0, 0.05) is 23.4 Å². The van der Waals surface area contributed by atoms with Crippen molar-refractivity contribution in [2.75, 3.05) is 20.1 Å². The van der Waals surface area contributed by atoms with Gasteiger partial charge in [0.1, 0.15) is 0 Å². The molecule has 1 fully saturated rings. The van der Waals surface area contributed by atoms with Crippen LogP contribution in [0, 0.1) is 17.8 Å². The predicted molar refractivity (Wildman–Crippen MR) is 70.4 cm³/mol. The lowest BCUT2D eigenvalue weighted by atomic mass is 9.76. The summed E-state index contributed by atoms with van der Waals surface area (Å²) in [6, 6.07) is 0. The lowest BCUT2D eigenvalue weighted by Crippen LogP contribution is -2.40. The van der Waals surface area contributed by atoms with E-state index in [-0.39, 0.29) is 5.41 Å². The van der Waals surface area contributed by atoms with Gasteiger partial charge in [0.15, 0.2) is 0 Å². The molecular formula is C14H20N2. The van der Waals surface area contributed by atoms with E-state index in [0.29, 0.717) is 0 Å². The van der Waals surface area contributed by atoms with Crippen LogP contribution in [0.3, 0.4) is 0 Å². The Labute approximate surface area is 98.8 Å². The van der Waals surface area contributed by atoms with E-state index in [9.17, 15) is 0 Å². The Morgan fingerprint density at radius 1 is 1.50 bits per heavy atom. The molecule has 0 aliphatic carbocycles. The summed E-state index contributed by atoms with van der Waals surface area (Å²) in [4.78, 5) is 6.76. The summed E-state index contributed by atoms with van der Waals surface area (Å²) in [5, 5.41) is 0. The maximum atomic E-state index is 5.15. The molecule has 0 aromatic rings. The predicted octanol–water partition coefficient (Wildman–Crippen LogP) is 2.49. The van der Waals surface area contributed by atoms with Crippen LogP contribution in [0.4, 0.5) is 0 Å². The van der Waals surface area contributed by atoms with Crippen LogP contribution in [-0.2, 0) is 0 Å². The SMILES string of the molecule is C#C/C=C/N=C(\C=C)C1(C)CCN(C)CC1. The average molecular weight is 216 g/mol. The normalized spacial score (nSPS) is 21.9. The molecule has 1 saturated heterocycles. The minimum Gasteiger partial charge on any atom is -0.306 e. The van der Waals surface area contributed by atoms with Gasteiger partial charge < -0.3 is 4.90 Å². The highest BCUT2D eigenvalue weighted by atomic mass is 15.1. The van der Waals surface area contributed by atoms with Gasteiger partial charge in [-0.05, 0) is 39.1 Å². The fraction of sp³-hybridized carbons (Fsp3) is 0.500. The van der Waals surface area contributed by atoms with E-state index in [1.54, 1.807) is 12.3 Å². The van der Waals surface area contributed by atoms with Gasteiger partial charge in [0.2, 0.25) is 0 Å². The third kappa shape index (κ3) is 3.08. The Bertz CT molecular complexity index is 336. The van der Waals surface area contributed by atoms with Crippen LogP contribution in [0.1, 0.15) is 19.8 Å². The van der Waals surface area contributed by atoms with Crippen LogP contribution in [0.2, 0.25) is 0 Å². The van der Waals surface area contributed by atoms with Gasteiger partial charge >= 0.3 is 0 Å². The van der Waals surface area contributed by atoms with Gasteiger partial charge in [0.05, 0.1) is 0 Å². The first-order valence-corrected chi connectivity index (χ1v) is 5.63. The molecule has 0 radical (unpaired) electrons. The quantitative estimate of drug-likeness (QED) is 0.523. The van der Waals surface area contributed by atoms with E-state index >= 15 is 0 Å². The Hall–Kier alpha value is -1.33. The molecule has 0 spiro atoms. The number of allylic oxidation sites excluding steroid dienone is 2. The molecule has 2 nitrogen and oxygen atoms in total. The second-order valence-corrected chi connectivity index (χ2v) is 4.56. The zero-order valence-corrected chi connectivity index (χ0v) is 10.2. The van der Waals surface area contributed by atoms with Crippen molar-refractivity contribution in [3.63, 3.8) is 0 Å². The first-order valence-electron chi connectivity index (χ1n) is 5.63. The third-order valence-corrected chi connectivity index (χ3v) is 3.29. The van der Waals surface area contributed by atoms with Crippen molar-refractivity contribution >= 4 is 5.71 Å². The number of hydrogen-bond acceptors (Lipinski definition) is 2. The number of hydrogen-bond donors (Lipinski definition) is 0. The van der Waals surface area contributed by atoms with Gasteiger partial charge in [-0.3, -0.25) is 4.99 Å². The monoisotopic (exact) mass is 216 g/mol. The molecule has 1 rings (SSSR count). The molecule has 0 unspecified atom stereocenters. The van der Waals surface area contributed by atoms with E-state index in [2.05, 4.69) is 36.4 Å². The van der Waals surface area contributed by atoms with E-state index in [1.165, 1.54) is 0 Å². The van der Waals surface area contributed by atoms with Gasteiger partial charge in [0.25, 0.3) is 0 Å². The van der Waals surface area contributed by atoms with Gasteiger partial charge in [-0.25, -0.2) is 0 Å². The second kappa shape index (κ2) is 5.67. The average Bonchev–Trinajstić information content (AvgIpc) is 2.29. The molecule has 0 saturated carbocycles. The highest BCUT2D eigenvalue weighted by molar-refractivity contribution is 5.99. The maximum Gasteiger partial charge on any atom is 0.0457 e. The zero-order chi connectivity index (χ0) is 12.0. The van der Waals surface area contributed by atoms with Crippen molar-refractivity contribution in [2.45, 2.75) is 19.8 Å². The molecule has 1 aliphatic rings. The van der Waals surface area contributed by atoms with Crippen LogP contribution in [0.5, 0.6) is 0 Å². The number of likely N-dealkylation sites (tertiary alicyclic amines) is 1. The number of rotatable bonds is 3. The third-order valence-electron chi connectivity index (χ3n) is 3.29. The highest BCUT2D eigenvalue weighted by Gasteiger charge is 2.32. The summed E-state index contributed by atoms with van der Waals surface area (Å²) in [6.07, 6.45) is 12.5. The fourth-order valence-corrected chi connectivity index (χ4v) is 1.98. The van der Waals surface area contributed by atoms with Gasteiger partial charge in [-0.1, -0.05) is 19.4 Å². The maximum absolute atomic E-state index is 5.15.